The summed E-state index contributed by atoms with van der Waals surface area (Å²) in [6, 6.07) is 7.13. The molecule has 0 heterocycles. The van der Waals surface area contributed by atoms with Crippen LogP contribution in [0.2, 0.25) is 0 Å². The number of rotatable bonds is 7. The van der Waals surface area contributed by atoms with Gasteiger partial charge >= 0.3 is 0 Å². The van der Waals surface area contributed by atoms with Gasteiger partial charge < -0.3 is 20.3 Å². The Morgan fingerprint density at radius 3 is 2.67 bits per heavy atom. The van der Waals surface area contributed by atoms with E-state index in [4.69, 9.17) is 15.2 Å². The molecule has 1 aromatic rings. The van der Waals surface area contributed by atoms with Gasteiger partial charge in [-0.15, -0.1) is 0 Å². The lowest BCUT2D eigenvalue weighted by Crippen LogP contribution is -2.31. The zero-order chi connectivity index (χ0) is 13.6. The van der Waals surface area contributed by atoms with E-state index in [9.17, 15) is 5.11 Å². The van der Waals surface area contributed by atoms with Gasteiger partial charge in [0, 0.05) is 11.8 Å². The van der Waals surface area contributed by atoms with E-state index in [1.165, 1.54) is 0 Å². The second-order valence-electron chi connectivity index (χ2n) is 4.96. The van der Waals surface area contributed by atoms with Crippen LogP contribution in [0.4, 0.5) is 5.69 Å². The molecular formula is C14H23NO3. The summed E-state index contributed by atoms with van der Waals surface area (Å²) in [5, 5.41) is 9.76. The van der Waals surface area contributed by atoms with Gasteiger partial charge in [-0.05, 0) is 32.4 Å². The molecule has 3 N–H and O–H groups in total. The van der Waals surface area contributed by atoms with E-state index < -0.39 is 6.10 Å². The van der Waals surface area contributed by atoms with E-state index in [-0.39, 0.29) is 18.8 Å². The molecule has 0 saturated heterocycles. The predicted molar refractivity (Wildman–Crippen MR) is 72.7 cm³/mol. The number of hydrogen-bond donors (Lipinski definition) is 2. The Bertz CT molecular complexity index is 366. The lowest BCUT2D eigenvalue weighted by molar-refractivity contribution is -0.0695. The van der Waals surface area contributed by atoms with E-state index in [1.807, 2.05) is 19.9 Å². The van der Waals surface area contributed by atoms with Crippen molar-refractivity contribution in [2.75, 3.05) is 18.9 Å². The van der Waals surface area contributed by atoms with Crippen molar-refractivity contribution in [2.45, 2.75) is 38.9 Å². The largest absolute Gasteiger partial charge is 0.491 e. The first-order valence-electron chi connectivity index (χ1n) is 6.23. The second-order valence-corrected chi connectivity index (χ2v) is 4.96. The van der Waals surface area contributed by atoms with Crippen molar-refractivity contribution < 1.29 is 14.6 Å². The number of ether oxygens (including phenoxy) is 2. The Morgan fingerprint density at radius 1 is 1.33 bits per heavy atom. The highest BCUT2D eigenvalue weighted by atomic mass is 16.5. The fourth-order valence-electron chi connectivity index (χ4n) is 1.27. The molecule has 18 heavy (non-hydrogen) atoms. The monoisotopic (exact) mass is 253 g/mol. The summed E-state index contributed by atoms with van der Waals surface area (Å²) < 4.78 is 11.0. The molecule has 0 aliphatic carbocycles. The van der Waals surface area contributed by atoms with E-state index in [0.29, 0.717) is 11.4 Å². The molecule has 0 saturated carbocycles. The molecule has 1 atom stereocenters. The van der Waals surface area contributed by atoms with Gasteiger partial charge in [0.2, 0.25) is 0 Å². The summed E-state index contributed by atoms with van der Waals surface area (Å²) in [5.74, 6) is 0.656. The minimum atomic E-state index is -0.641. The molecule has 0 aromatic heterocycles. The van der Waals surface area contributed by atoms with Gasteiger partial charge in [-0.1, -0.05) is 13.0 Å². The van der Waals surface area contributed by atoms with Crippen molar-refractivity contribution in [3.05, 3.63) is 24.3 Å². The first-order chi connectivity index (χ1) is 8.43. The average molecular weight is 253 g/mol. The van der Waals surface area contributed by atoms with Crippen LogP contribution in [0.3, 0.4) is 0 Å². The molecular weight excluding hydrogens is 230 g/mol. The number of anilines is 1. The minimum absolute atomic E-state index is 0.198. The van der Waals surface area contributed by atoms with Crippen LogP contribution >= 0.6 is 0 Å². The molecule has 4 heteroatoms. The van der Waals surface area contributed by atoms with Crippen molar-refractivity contribution in [1.29, 1.82) is 0 Å². The highest BCUT2D eigenvalue weighted by molar-refractivity contribution is 5.43. The average Bonchev–Trinajstić information content (AvgIpc) is 2.34. The van der Waals surface area contributed by atoms with Crippen molar-refractivity contribution in [1.82, 2.24) is 0 Å². The number of aliphatic hydroxyl groups is 1. The predicted octanol–water partition coefficient (Wildman–Crippen LogP) is 2.21. The van der Waals surface area contributed by atoms with Gasteiger partial charge in [0.1, 0.15) is 18.5 Å². The summed E-state index contributed by atoms with van der Waals surface area (Å²) in [4.78, 5) is 0. The SMILES string of the molecule is CCC(C)(C)OCC(O)COc1cccc(N)c1. The molecule has 4 nitrogen and oxygen atoms in total. The number of aliphatic hydroxyl groups excluding tert-OH is 1. The Kier molecular flexibility index (Phi) is 5.44. The van der Waals surface area contributed by atoms with Crippen LogP contribution in [-0.4, -0.2) is 30.0 Å². The molecule has 0 bridgehead atoms. The molecule has 0 aliphatic heterocycles. The Labute approximate surface area is 109 Å². The molecule has 0 amide bonds. The third kappa shape index (κ3) is 5.38. The molecule has 102 valence electrons. The summed E-state index contributed by atoms with van der Waals surface area (Å²) in [5.41, 5.74) is 6.07. The number of benzene rings is 1. The molecule has 1 unspecified atom stereocenters. The van der Waals surface area contributed by atoms with E-state index in [0.717, 1.165) is 6.42 Å². The first-order valence-corrected chi connectivity index (χ1v) is 6.23. The normalized spacial score (nSPS) is 13.3. The summed E-state index contributed by atoms with van der Waals surface area (Å²) >= 11 is 0. The van der Waals surface area contributed by atoms with Crippen molar-refractivity contribution in [2.24, 2.45) is 0 Å². The summed E-state index contributed by atoms with van der Waals surface area (Å²) in [7, 11) is 0. The van der Waals surface area contributed by atoms with Crippen molar-refractivity contribution >= 4 is 5.69 Å². The van der Waals surface area contributed by atoms with Crippen LogP contribution in [0.15, 0.2) is 24.3 Å². The van der Waals surface area contributed by atoms with Crippen molar-refractivity contribution in [3.8, 4) is 5.75 Å². The molecule has 1 rings (SSSR count). The maximum Gasteiger partial charge on any atom is 0.121 e. The zero-order valence-electron chi connectivity index (χ0n) is 11.3. The fourth-order valence-corrected chi connectivity index (χ4v) is 1.27. The third-order valence-corrected chi connectivity index (χ3v) is 2.82. The van der Waals surface area contributed by atoms with E-state index in [2.05, 4.69) is 6.92 Å². The number of nitrogens with two attached hydrogens (primary N) is 1. The van der Waals surface area contributed by atoms with Crippen molar-refractivity contribution in [3.63, 3.8) is 0 Å². The molecule has 0 radical (unpaired) electrons. The van der Waals surface area contributed by atoms with Crippen LogP contribution in [0, 0.1) is 0 Å². The Balaban J connectivity index is 2.31. The molecule has 0 fully saturated rings. The number of nitrogen functional groups attached to an aromatic ring is 1. The van der Waals surface area contributed by atoms with Crippen LogP contribution in [-0.2, 0) is 4.74 Å². The fraction of sp³-hybridized carbons (Fsp3) is 0.571. The lowest BCUT2D eigenvalue weighted by Gasteiger charge is -2.25. The van der Waals surface area contributed by atoms with Gasteiger partial charge in [0.15, 0.2) is 0 Å². The topological polar surface area (TPSA) is 64.7 Å². The number of hydrogen-bond acceptors (Lipinski definition) is 4. The van der Waals surface area contributed by atoms with Gasteiger partial charge in [0.05, 0.1) is 12.2 Å². The van der Waals surface area contributed by atoms with Crippen LogP contribution in [0.25, 0.3) is 0 Å². The van der Waals surface area contributed by atoms with Crippen LogP contribution < -0.4 is 10.5 Å². The highest BCUT2D eigenvalue weighted by Gasteiger charge is 2.17. The van der Waals surface area contributed by atoms with E-state index >= 15 is 0 Å². The highest BCUT2D eigenvalue weighted by Crippen LogP contribution is 2.16. The minimum Gasteiger partial charge on any atom is -0.491 e. The van der Waals surface area contributed by atoms with Gasteiger partial charge in [0.25, 0.3) is 0 Å². The first kappa shape index (κ1) is 14.8. The maximum atomic E-state index is 9.76. The van der Waals surface area contributed by atoms with Gasteiger partial charge in [-0.25, -0.2) is 0 Å². The Hall–Kier alpha value is -1.26. The van der Waals surface area contributed by atoms with Gasteiger partial charge in [-0.3, -0.25) is 0 Å². The molecule has 1 aromatic carbocycles. The van der Waals surface area contributed by atoms with E-state index in [1.54, 1.807) is 18.2 Å². The molecule has 0 spiro atoms. The van der Waals surface area contributed by atoms with Crippen LogP contribution in [0.5, 0.6) is 5.75 Å². The smallest absolute Gasteiger partial charge is 0.121 e. The third-order valence-electron chi connectivity index (χ3n) is 2.82. The zero-order valence-corrected chi connectivity index (χ0v) is 11.3. The standard InChI is InChI=1S/C14H23NO3/c1-4-14(2,3)18-10-12(16)9-17-13-7-5-6-11(15)8-13/h5-8,12,16H,4,9-10,15H2,1-3H3. The summed E-state index contributed by atoms with van der Waals surface area (Å²) in [6.45, 7) is 6.51. The second kappa shape index (κ2) is 6.61. The van der Waals surface area contributed by atoms with Gasteiger partial charge in [-0.2, -0.15) is 0 Å². The Morgan fingerprint density at radius 2 is 2.06 bits per heavy atom. The van der Waals surface area contributed by atoms with Crippen LogP contribution in [0.1, 0.15) is 27.2 Å². The summed E-state index contributed by atoms with van der Waals surface area (Å²) in [6.07, 6.45) is 0.257. The maximum absolute atomic E-state index is 9.76. The lowest BCUT2D eigenvalue weighted by atomic mass is 10.1. The quantitative estimate of drug-likeness (QED) is 0.731. The molecule has 0 aliphatic rings.